The van der Waals surface area contributed by atoms with Crippen molar-refractivity contribution in [1.82, 2.24) is 5.32 Å². The average Bonchev–Trinajstić information content (AvgIpc) is 2.08. The summed E-state index contributed by atoms with van der Waals surface area (Å²) >= 11 is 0. The Balaban J connectivity index is 2.64. The Morgan fingerprint density at radius 3 is 2.77 bits per heavy atom. The van der Waals surface area contributed by atoms with E-state index in [9.17, 15) is 0 Å². The molecule has 0 radical (unpaired) electrons. The van der Waals surface area contributed by atoms with E-state index < -0.39 is 0 Å². The van der Waals surface area contributed by atoms with Gasteiger partial charge in [-0.05, 0) is 12.3 Å². The van der Waals surface area contributed by atoms with Crippen LogP contribution in [0.25, 0.3) is 0 Å². The molecule has 2 unspecified atom stereocenters. The average molecular weight is 186 g/mol. The van der Waals surface area contributed by atoms with Gasteiger partial charge in [0, 0.05) is 24.7 Å². The van der Waals surface area contributed by atoms with E-state index >= 15 is 0 Å². The van der Waals surface area contributed by atoms with Crippen LogP contribution in [0.1, 0.15) is 27.2 Å². The highest BCUT2D eigenvalue weighted by molar-refractivity contribution is 4.96. The Hall–Kier alpha value is -0.120. The van der Waals surface area contributed by atoms with Gasteiger partial charge in [0.05, 0.1) is 6.61 Å². The van der Waals surface area contributed by atoms with Gasteiger partial charge in [-0.3, -0.25) is 0 Å². The molecular weight excluding hydrogens is 164 g/mol. The third-order valence-electron chi connectivity index (χ3n) is 2.94. The van der Waals surface area contributed by atoms with Crippen LogP contribution >= 0.6 is 0 Å². The minimum Gasteiger partial charge on any atom is -0.381 e. The number of hydrogen-bond acceptors (Lipinski definition) is 3. The van der Waals surface area contributed by atoms with Gasteiger partial charge >= 0.3 is 0 Å². The molecule has 0 spiro atoms. The van der Waals surface area contributed by atoms with E-state index in [0.717, 1.165) is 19.6 Å². The van der Waals surface area contributed by atoms with E-state index in [0.29, 0.717) is 18.5 Å². The SMILES string of the molecule is CC(C)NC1(CN)CCOCC1C. The summed E-state index contributed by atoms with van der Waals surface area (Å²) in [6.07, 6.45) is 1.03. The van der Waals surface area contributed by atoms with Crippen molar-refractivity contribution in [3.63, 3.8) is 0 Å². The molecule has 0 aromatic heterocycles. The molecule has 78 valence electrons. The van der Waals surface area contributed by atoms with Gasteiger partial charge in [-0.15, -0.1) is 0 Å². The van der Waals surface area contributed by atoms with Gasteiger partial charge in [0.15, 0.2) is 0 Å². The summed E-state index contributed by atoms with van der Waals surface area (Å²) in [5.41, 5.74) is 5.96. The van der Waals surface area contributed by atoms with Crippen LogP contribution in [0.3, 0.4) is 0 Å². The second kappa shape index (κ2) is 4.40. The van der Waals surface area contributed by atoms with E-state index in [2.05, 4.69) is 26.1 Å². The van der Waals surface area contributed by atoms with Gasteiger partial charge in [0.2, 0.25) is 0 Å². The standard InChI is InChI=1S/C10H22N2O/c1-8(2)12-10(7-11)4-5-13-6-9(10)3/h8-9,12H,4-7,11H2,1-3H3. The fourth-order valence-corrected chi connectivity index (χ4v) is 2.07. The number of rotatable bonds is 3. The van der Waals surface area contributed by atoms with Crippen molar-refractivity contribution in [1.29, 1.82) is 0 Å². The van der Waals surface area contributed by atoms with Crippen LogP contribution in [-0.4, -0.2) is 31.3 Å². The van der Waals surface area contributed by atoms with Crippen LogP contribution < -0.4 is 11.1 Å². The summed E-state index contributed by atoms with van der Waals surface area (Å²) in [5, 5.41) is 3.59. The lowest BCUT2D eigenvalue weighted by Gasteiger charge is -2.43. The summed E-state index contributed by atoms with van der Waals surface area (Å²) < 4.78 is 5.42. The summed E-state index contributed by atoms with van der Waals surface area (Å²) in [7, 11) is 0. The number of hydrogen-bond donors (Lipinski definition) is 2. The van der Waals surface area contributed by atoms with Crippen molar-refractivity contribution >= 4 is 0 Å². The van der Waals surface area contributed by atoms with Gasteiger partial charge in [-0.2, -0.15) is 0 Å². The Kier molecular flexibility index (Phi) is 3.71. The molecule has 3 nitrogen and oxygen atoms in total. The van der Waals surface area contributed by atoms with Crippen LogP contribution in [0.5, 0.6) is 0 Å². The summed E-state index contributed by atoms with van der Waals surface area (Å²) in [4.78, 5) is 0. The molecule has 1 aliphatic heterocycles. The molecule has 1 fully saturated rings. The monoisotopic (exact) mass is 186 g/mol. The van der Waals surface area contributed by atoms with E-state index in [-0.39, 0.29) is 5.54 Å². The largest absolute Gasteiger partial charge is 0.381 e. The molecule has 3 heteroatoms. The highest BCUT2D eigenvalue weighted by atomic mass is 16.5. The van der Waals surface area contributed by atoms with Crippen LogP contribution in [0, 0.1) is 5.92 Å². The van der Waals surface area contributed by atoms with E-state index in [4.69, 9.17) is 10.5 Å². The summed E-state index contributed by atoms with van der Waals surface area (Å²) in [6, 6.07) is 0.490. The molecule has 0 aliphatic carbocycles. The third kappa shape index (κ3) is 2.42. The van der Waals surface area contributed by atoms with Crippen molar-refractivity contribution in [2.45, 2.75) is 38.8 Å². The lowest BCUT2D eigenvalue weighted by atomic mass is 9.80. The predicted octanol–water partition coefficient (Wildman–Crippen LogP) is 0.738. The van der Waals surface area contributed by atoms with Gasteiger partial charge in [0.1, 0.15) is 0 Å². The Morgan fingerprint density at radius 2 is 2.31 bits per heavy atom. The van der Waals surface area contributed by atoms with Crippen LogP contribution in [0.15, 0.2) is 0 Å². The van der Waals surface area contributed by atoms with E-state index in [1.165, 1.54) is 0 Å². The third-order valence-corrected chi connectivity index (χ3v) is 2.94. The van der Waals surface area contributed by atoms with Gasteiger partial charge in [0.25, 0.3) is 0 Å². The van der Waals surface area contributed by atoms with E-state index in [1.54, 1.807) is 0 Å². The summed E-state index contributed by atoms with van der Waals surface area (Å²) in [6.45, 7) is 8.91. The molecule has 0 aromatic carbocycles. The second-order valence-corrected chi connectivity index (χ2v) is 4.39. The Bertz CT molecular complexity index is 161. The molecule has 3 N–H and O–H groups in total. The van der Waals surface area contributed by atoms with Crippen molar-refractivity contribution in [2.24, 2.45) is 11.7 Å². The van der Waals surface area contributed by atoms with Crippen LogP contribution in [0.4, 0.5) is 0 Å². The molecule has 1 rings (SSSR count). The normalized spacial score (nSPS) is 35.3. The Labute approximate surface area is 81.0 Å². The van der Waals surface area contributed by atoms with Gasteiger partial charge in [-0.25, -0.2) is 0 Å². The van der Waals surface area contributed by atoms with Gasteiger partial charge < -0.3 is 15.8 Å². The maximum Gasteiger partial charge on any atom is 0.0509 e. The smallest absolute Gasteiger partial charge is 0.0509 e. The van der Waals surface area contributed by atoms with Crippen LogP contribution in [-0.2, 0) is 4.74 Å². The topological polar surface area (TPSA) is 47.3 Å². The lowest BCUT2D eigenvalue weighted by Crippen LogP contribution is -2.61. The zero-order valence-electron chi connectivity index (χ0n) is 8.97. The minimum absolute atomic E-state index is 0.104. The van der Waals surface area contributed by atoms with E-state index in [1.807, 2.05) is 0 Å². The molecule has 0 amide bonds. The number of nitrogens with two attached hydrogens (primary N) is 1. The molecule has 1 heterocycles. The van der Waals surface area contributed by atoms with Crippen LogP contribution in [0.2, 0.25) is 0 Å². The first kappa shape index (κ1) is 11.0. The maximum atomic E-state index is 5.86. The fraction of sp³-hybridized carbons (Fsp3) is 1.00. The second-order valence-electron chi connectivity index (χ2n) is 4.39. The van der Waals surface area contributed by atoms with Crippen molar-refractivity contribution in [3.8, 4) is 0 Å². The molecule has 0 saturated carbocycles. The zero-order chi connectivity index (χ0) is 9.90. The summed E-state index contributed by atoms with van der Waals surface area (Å²) in [5.74, 6) is 0.508. The highest BCUT2D eigenvalue weighted by Gasteiger charge is 2.37. The van der Waals surface area contributed by atoms with Gasteiger partial charge in [-0.1, -0.05) is 20.8 Å². The van der Waals surface area contributed by atoms with Crippen molar-refractivity contribution in [2.75, 3.05) is 19.8 Å². The molecule has 1 saturated heterocycles. The Morgan fingerprint density at radius 1 is 1.62 bits per heavy atom. The fourth-order valence-electron chi connectivity index (χ4n) is 2.07. The first-order valence-electron chi connectivity index (χ1n) is 5.16. The van der Waals surface area contributed by atoms with Crippen molar-refractivity contribution < 1.29 is 4.74 Å². The van der Waals surface area contributed by atoms with Crippen molar-refractivity contribution in [3.05, 3.63) is 0 Å². The quantitative estimate of drug-likeness (QED) is 0.683. The predicted molar refractivity (Wildman–Crippen MR) is 54.7 cm³/mol. The lowest BCUT2D eigenvalue weighted by molar-refractivity contribution is -0.00621. The molecule has 1 aliphatic rings. The molecule has 0 bridgehead atoms. The number of ether oxygens (including phenoxy) is 1. The highest BCUT2D eigenvalue weighted by Crippen LogP contribution is 2.25. The maximum absolute atomic E-state index is 5.86. The molecule has 13 heavy (non-hydrogen) atoms. The first-order chi connectivity index (χ1) is 6.10. The first-order valence-corrected chi connectivity index (χ1v) is 5.16. The molecule has 2 atom stereocenters. The minimum atomic E-state index is 0.104. The molecular formula is C10H22N2O. The molecule has 0 aromatic rings. The number of nitrogens with one attached hydrogen (secondary N) is 1. The zero-order valence-corrected chi connectivity index (χ0v) is 8.97.